The Kier molecular flexibility index (Phi) is 3.93. The van der Waals surface area contributed by atoms with Gasteiger partial charge in [-0.3, -0.25) is 14.9 Å². The Balaban J connectivity index is 1.56. The zero-order chi connectivity index (χ0) is 16.5. The number of hydrogen-bond acceptors (Lipinski definition) is 5. The Bertz CT molecular complexity index is 778. The number of aromatic nitrogens is 2. The lowest BCUT2D eigenvalue weighted by Gasteiger charge is -2.25. The zero-order valence-electron chi connectivity index (χ0n) is 13.4. The van der Waals surface area contributed by atoms with E-state index in [9.17, 15) is 9.59 Å². The van der Waals surface area contributed by atoms with Crippen molar-refractivity contribution >= 4 is 28.5 Å². The fourth-order valence-electron chi connectivity index (χ4n) is 3.52. The topological polar surface area (TPSA) is 88.1 Å². The minimum Gasteiger partial charge on any atom is -0.382 e. The summed E-state index contributed by atoms with van der Waals surface area (Å²) < 4.78 is 1.87. The molecule has 2 fully saturated rings. The number of piperidine rings is 2. The predicted octanol–water partition coefficient (Wildman–Crippen LogP) is 1.18. The summed E-state index contributed by atoms with van der Waals surface area (Å²) in [5.41, 5.74) is 2.84. The van der Waals surface area contributed by atoms with E-state index in [1.807, 2.05) is 22.8 Å². The van der Waals surface area contributed by atoms with E-state index in [1.165, 1.54) is 0 Å². The van der Waals surface area contributed by atoms with Crippen molar-refractivity contribution in [2.75, 3.05) is 18.4 Å². The van der Waals surface area contributed by atoms with E-state index in [2.05, 4.69) is 20.9 Å². The van der Waals surface area contributed by atoms with Gasteiger partial charge in [0.25, 0.3) is 0 Å². The first-order valence-corrected chi connectivity index (χ1v) is 8.48. The van der Waals surface area contributed by atoms with Crippen LogP contribution in [0, 0.1) is 0 Å². The summed E-state index contributed by atoms with van der Waals surface area (Å²) in [6.45, 7) is 2.09. The lowest BCUT2D eigenvalue weighted by molar-refractivity contribution is -0.135. The molecule has 0 aliphatic carbocycles. The fraction of sp³-hybridized carbons (Fsp3) is 0.471. The molecule has 3 N–H and O–H groups in total. The SMILES string of the molecule is O=C1CCC(n2cnc3cc(NC4CCNCC4)ccc32)C(=O)N1. The van der Waals surface area contributed by atoms with Gasteiger partial charge in [-0.15, -0.1) is 0 Å². The first kappa shape index (κ1) is 15.1. The number of carbonyl (C=O) groups is 2. The molecule has 2 amide bonds. The minimum atomic E-state index is -0.365. The molecule has 1 aromatic heterocycles. The van der Waals surface area contributed by atoms with E-state index < -0.39 is 0 Å². The molecule has 1 atom stereocenters. The Morgan fingerprint density at radius 2 is 2.00 bits per heavy atom. The van der Waals surface area contributed by atoms with E-state index in [4.69, 9.17) is 0 Å². The number of rotatable bonds is 3. The van der Waals surface area contributed by atoms with Gasteiger partial charge in [-0.1, -0.05) is 0 Å². The van der Waals surface area contributed by atoms with Crippen molar-refractivity contribution in [1.82, 2.24) is 20.2 Å². The van der Waals surface area contributed by atoms with Crippen LogP contribution < -0.4 is 16.0 Å². The van der Waals surface area contributed by atoms with Gasteiger partial charge in [0.15, 0.2) is 0 Å². The van der Waals surface area contributed by atoms with E-state index in [1.54, 1.807) is 6.33 Å². The summed E-state index contributed by atoms with van der Waals surface area (Å²) in [7, 11) is 0. The van der Waals surface area contributed by atoms with Gasteiger partial charge in [0.2, 0.25) is 11.8 Å². The Labute approximate surface area is 139 Å². The molecular formula is C17H21N5O2. The Morgan fingerprint density at radius 3 is 2.79 bits per heavy atom. The number of fused-ring (bicyclic) bond motifs is 1. The molecule has 2 saturated heterocycles. The summed E-state index contributed by atoms with van der Waals surface area (Å²) in [6.07, 6.45) is 4.81. The second kappa shape index (κ2) is 6.24. The largest absolute Gasteiger partial charge is 0.382 e. The van der Waals surface area contributed by atoms with Crippen molar-refractivity contribution in [3.63, 3.8) is 0 Å². The molecular weight excluding hydrogens is 306 g/mol. The molecule has 0 bridgehead atoms. The predicted molar refractivity (Wildman–Crippen MR) is 90.7 cm³/mol. The maximum absolute atomic E-state index is 12.1. The molecule has 2 aliphatic rings. The summed E-state index contributed by atoms with van der Waals surface area (Å²) in [5.74, 6) is -0.448. The average molecular weight is 327 g/mol. The van der Waals surface area contributed by atoms with Crippen molar-refractivity contribution in [3.8, 4) is 0 Å². The third kappa shape index (κ3) is 2.87. The molecule has 4 rings (SSSR count). The lowest BCUT2D eigenvalue weighted by Crippen LogP contribution is -2.41. The molecule has 2 aromatic rings. The van der Waals surface area contributed by atoms with Crippen LogP contribution in [0.5, 0.6) is 0 Å². The number of nitrogens with zero attached hydrogens (tertiary/aromatic N) is 2. The highest BCUT2D eigenvalue weighted by Crippen LogP contribution is 2.26. The Hall–Kier alpha value is -2.41. The number of imidazole rings is 1. The van der Waals surface area contributed by atoms with Crippen molar-refractivity contribution in [1.29, 1.82) is 0 Å². The average Bonchev–Trinajstić information content (AvgIpc) is 2.99. The number of benzene rings is 1. The van der Waals surface area contributed by atoms with E-state index in [0.717, 1.165) is 42.7 Å². The van der Waals surface area contributed by atoms with Crippen LogP contribution >= 0.6 is 0 Å². The van der Waals surface area contributed by atoms with Crippen LogP contribution in [0.3, 0.4) is 0 Å². The number of carbonyl (C=O) groups excluding carboxylic acids is 2. The highest BCUT2D eigenvalue weighted by molar-refractivity contribution is 6.00. The van der Waals surface area contributed by atoms with Crippen LogP contribution in [0.4, 0.5) is 5.69 Å². The smallest absolute Gasteiger partial charge is 0.249 e. The zero-order valence-corrected chi connectivity index (χ0v) is 13.4. The molecule has 1 aromatic carbocycles. The molecule has 0 spiro atoms. The molecule has 24 heavy (non-hydrogen) atoms. The third-order valence-corrected chi connectivity index (χ3v) is 4.83. The van der Waals surface area contributed by atoms with E-state index in [-0.39, 0.29) is 17.9 Å². The molecule has 126 valence electrons. The van der Waals surface area contributed by atoms with Gasteiger partial charge in [0.1, 0.15) is 6.04 Å². The van der Waals surface area contributed by atoms with Crippen LogP contribution in [-0.4, -0.2) is 40.5 Å². The quantitative estimate of drug-likeness (QED) is 0.737. The lowest BCUT2D eigenvalue weighted by atomic mass is 10.1. The highest BCUT2D eigenvalue weighted by Gasteiger charge is 2.28. The molecule has 2 aliphatic heterocycles. The minimum absolute atomic E-state index is 0.200. The van der Waals surface area contributed by atoms with Crippen molar-refractivity contribution in [3.05, 3.63) is 24.5 Å². The Morgan fingerprint density at radius 1 is 1.17 bits per heavy atom. The standard InChI is InChI=1S/C17H21N5O2/c23-16-4-3-15(17(24)21-16)22-10-19-13-9-12(1-2-14(13)22)20-11-5-7-18-8-6-11/h1-2,9-11,15,18,20H,3-8H2,(H,21,23,24). The van der Waals surface area contributed by atoms with Crippen LogP contribution in [0.25, 0.3) is 11.0 Å². The van der Waals surface area contributed by atoms with Gasteiger partial charge in [-0.25, -0.2) is 4.98 Å². The highest BCUT2D eigenvalue weighted by atomic mass is 16.2. The maximum atomic E-state index is 12.1. The fourth-order valence-corrected chi connectivity index (χ4v) is 3.52. The van der Waals surface area contributed by atoms with Crippen LogP contribution in [0.1, 0.15) is 31.7 Å². The summed E-state index contributed by atoms with van der Waals surface area (Å²) in [5, 5.41) is 9.33. The van der Waals surface area contributed by atoms with Gasteiger partial charge in [-0.2, -0.15) is 0 Å². The van der Waals surface area contributed by atoms with Crippen molar-refractivity contribution < 1.29 is 9.59 Å². The first-order chi connectivity index (χ1) is 11.7. The molecule has 1 unspecified atom stereocenters. The second-order valence-corrected chi connectivity index (χ2v) is 6.49. The molecule has 3 heterocycles. The van der Waals surface area contributed by atoms with Gasteiger partial charge in [0, 0.05) is 18.2 Å². The van der Waals surface area contributed by atoms with E-state index in [0.29, 0.717) is 18.9 Å². The maximum Gasteiger partial charge on any atom is 0.249 e. The first-order valence-electron chi connectivity index (χ1n) is 8.48. The number of imide groups is 1. The number of nitrogens with one attached hydrogen (secondary N) is 3. The van der Waals surface area contributed by atoms with E-state index >= 15 is 0 Å². The molecule has 7 heteroatoms. The molecule has 0 radical (unpaired) electrons. The summed E-state index contributed by atoms with van der Waals surface area (Å²) in [4.78, 5) is 27.8. The third-order valence-electron chi connectivity index (χ3n) is 4.83. The number of anilines is 1. The second-order valence-electron chi connectivity index (χ2n) is 6.49. The molecule has 7 nitrogen and oxygen atoms in total. The van der Waals surface area contributed by atoms with Crippen LogP contribution in [-0.2, 0) is 9.59 Å². The van der Waals surface area contributed by atoms with Crippen LogP contribution in [0.2, 0.25) is 0 Å². The van der Waals surface area contributed by atoms with Gasteiger partial charge < -0.3 is 15.2 Å². The van der Waals surface area contributed by atoms with Crippen molar-refractivity contribution in [2.45, 2.75) is 37.8 Å². The number of hydrogen-bond donors (Lipinski definition) is 3. The summed E-state index contributed by atoms with van der Waals surface area (Å²) >= 11 is 0. The van der Waals surface area contributed by atoms with Crippen LogP contribution in [0.15, 0.2) is 24.5 Å². The normalized spacial score (nSPS) is 22.6. The van der Waals surface area contributed by atoms with Gasteiger partial charge in [0.05, 0.1) is 17.4 Å². The van der Waals surface area contributed by atoms with Gasteiger partial charge >= 0.3 is 0 Å². The van der Waals surface area contributed by atoms with Gasteiger partial charge in [-0.05, 0) is 50.6 Å². The molecule has 0 saturated carbocycles. The number of amides is 2. The van der Waals surface area contributed by atoms with Crippen molar-refractivity contribution in [2.24, 2.45) is 0 Å². The monoisotopic (exact) mass is 327 g/mol. The summed E-state index contributed by atoms with van der Waals surface area (Å²) in [6, 6.07) is 6.18.